The van der Waals surface area contributed by atoms with Crippen molar-refractivity contribution in [3.05, 3.63) is 41.7 Å². The Kier molecular flexibility index (Phi) is 8.77. The van der Waals surface area contributed by atoms with E-state index in [1.54, 1.807) is 0 Å². The van der Waals surface area contributed by atoms with Gasteiger partial charge in [0.2, 0.25) is 5.91 Å². The van der Waals surface area contributed by atoms with Crippen molar-refractivity contribution in [2.45, 2.75) is 75.7 Å². The third-order valence-electron chi connectivity index (χ3n) is 6.32. The topological polar surface area (TPSA) is 92.2 Å². The number of carbonyl (C=O) groups excluding carboxylic acids is 2. The Morgan fingerprint density at radius 1 is 0.939 bits per heavy atom. The number of amides is 3. The van der Waals surface area contributed by atoms with Crippen LogP contribution in [0, 0.1) is 0 Å². The molecule has 8 nitrogen and oxygen atoms in total. The molecule has 0 atom stereocenters. The minimum atomic E-state index is -0.399. The van der Waals surface area contributed by atoms with Gasteiger partial charge in [0, 0.05) is 6.04 Å². The zero-order chi connectivity index (χ0) is 22.9. The summed E-state index contributed by atoms with van der Waals surface area (Å²) in [5.41, 5.74) is 1.16. The number of urea groups is 1. The average Bonchev–Trinajstić information content (AvgIpc) is 3.20. The van der Waals surface area contributed by atoms with Crippen molar-refractivity contribution < 1.29 is 9.59 Å². The molecule has 2 N–H and O–H groups in total. The second-order valence-corrected chi connectivity index (χ2v) is 9.90. The number of hydrogen-bond acceptors (Lipinski definition) is 6. The molecule has 0 spiro atoms. The smallest absolute Gasteiger partial charge is 0.321 e. The van der Waals surface area contributed by atoms with Crippen LogP contribution in [-0.4, -0.2) is 56.5 Å². The van der Waals surface area contributed by atoms with Crippen molar-refractivity contribution in [3.63, 3.8) is 0 Å². The number of thioether (sulfide) groups is 1. The molecule has 1 saturated carbocycles. The first-order valence-electron chi connectivity index (χ1n) is 12.1. The van der Waals surface area contributed by atoms with Crippen molar-refractivity contribution >= 4 is 23.7 Å². The van der Waals surface area contributed by atoms with E-state index in [2.05, 4.69) is 42.4 Å². The summed E-state index contributed by atoms with van der Waals surface area (Å²) in [7, 11) is 0. The number of imide groups is 1. The van der Waals surface area contributed by atoms with Gasteiger partial charge in [-0.1, -0.05) is 67.8 Å². The SMILES string of the molecule is O=C(CSc1nnc(CN2CCCCC2)n1Cc1ccccc1)NC(=O)NC1CCCCC1. The van der Waals surface area contributed by atoms with Gasteiger partial charge < -0.3 is 9.88 Å². The molecule has 1 aliphatic heterocycles. The molecular formula is C24H34N6O2S. The molecule has 3 amide bonds. The van der Waals surface area contributed by atoms with E-state index in [9.17, 15) is 9.59 Å². The van der Waals surface area contributed by atoms with Crippen LogP contribution in [0.1, 0.15) is 62.8 Å². The van der Waals surface area contributed by atoms with Crippen LogP contribution >= 0.6 is 11.8 Å². The lowest BCUT2D eigenvalue weighted by atomic mass is 9.96. The van der Waals surface area contributed by atoms with Crippen molar-refractivity contribution in [2.24, 2.45) is 0 Å². The Morgan fingerprint density at radius 2 is 1.67 bits per heavy atom. The zero-order valence-electron chi connectivity index (χ0n) is 19.2. The van der Waals surface area contributed by atoms with Gasteiger partial charge in [-0.3, -0.25) is 15.0 Å². The van der Waals surface area contributed by atoms with Crippen molar-refractivity contribution in [2.75, 3.05) is 18.8 Å². The first-order chi connectivity index (χ1) is 16.2. The van der Waals surface area contributed by atoms with E-state index in [4.69, 9.17) is 0 Å². The Bertz CT molecular complexity index is 907. The van der Waals surface area contributed by atoms with Crippen LogP contribution in [0.15, 0.2) is 35.5 Å². The molecular weight excluding hydrogens is 436 g/mol. The molecule has 0 bridgehead atoms. The van der Waals surface area contributed by atoms with Gasteiger partial charge in [0.15, 0.2) is 5.16 Å². The fourth-order valence-electron chi connectivity index (χ4n) is 4.55. The Balaban J connectivity index is 1.36. The number of likely N-dealkylation sites (tertiary alicyclic amines) is 1. The molecule has 1 aromatic carbocycles. The molecule has 9 heteroatoms. The van der Waals surface area contributed by atoms with Crippen LogP contribution in [0.4, 0.5) is 4.79 Å². The van der Waals surface area contributed by atoms with Gasteiger partial charge in [-0.15, -0.1) is 10.2 Å². The monoisotopic (exact) mass is 470 g/mol. The molecule has 2 fully saturated rings. The molecule has 33 heavy (non-hydrogen) atoms. The molecule has 0 unspecified atom stereocenters. The zero-order valence-corrected chi connectivity index (χ0v) is 20.0. The second-order valence-electron chi connectivity index (χ2n) is 8.95. The van der Waals surface area contributed by atoms with E-state index in [1.165, 1.54) is 37.4 Å². The van der Waals surface area contributed by atoms with Gasteiger partial charge in [0.05, 0.1) is 18.8 Å². The Hall–Kier alpha value is -2.39. The van der Waals surface area contributed by atoms with Crippen LogP contribution in [0.25, 0.3) is 0 Å². The lowest BCUT2D eigenvalue weighted by Crippen LogP contribution is -2.45. The molecule has 4 rings (SSSR count). The van der Waals surface area contributed by atoms with Crippen LogP contribution < -0.4 is 10.6 Å². The highest BCUT2D eigenvalue weighted by molar-refractivity contribution is 7.99. The summed E-state index contributed by atoms with van der Waals surface area (Å²) in [5, 5.41) is 14.9. The van der Waals surface area contributed by atoms with E-state index < -0.39 is 6.03 Å². The molecule has 178 valence electrons. The van der Waals surface area contributed by atoms with Gasteiger partial charge in [-0.2, -0.15) is 0 Å². The fourth-order valence-corrected chi connectivity index (χ4v) is 5.30. The highest BCUT2D eigenvalue weighted by Crippen LogP contribution is 2.21. The number of carbonyl (C=O) groups is 2. The predicted octanol–water partition coefficient (Wildman–Crippen LogP) is 3.56. The number of aromatic nitrogens is 3. The lowest BCUT2D eigenvalue weighted by Gasteiger charge is -2.26. The summed E-state index contributed by atoms with van der Waals surface area (Å²) in [6.07, 6.45) is 9.18. The number of piperidine rings is 1. The molecule has 1 aromatic heterocycles. The van der Waals surface area contributed by atoms with E-state index >= 15 is 0 Å². The largest absolute Gasteiger partial charge is 0.335 e. The molecule has 2 heterocycles. The van der Waals surface area contributed by atoms with Crippen molar-refractivity contribution in [1.29, 1.82) is 0 Å². The quantitative estimate of drug-likeness (QED) is 0.573. The van der Waals surface area contributed by atoms with Gasteiger partial charge in [-0.25, -0.2) is 4.79 Å². The third-order valence-corrected chi connectivity index (χ3v) is 7.28. The van der Waals surface area contributed by atoms with Crippen molar-refractivity contribution in [1.82, 2.24) is 30.3 Å². The minimum absolute atomic E-state index is 0.120. The maximum absolute atomic E-state index is 12.4. The lowest BCUT2D eigenvalue weighted by molar-refractivity contribution is -0.117. The normalized spacial score (nSPS) is 17.6. The number of benzene rings is 1. The number of nitrogens with zero attached hydrogens (tertiary/aromatic N) is 4. The minimum Gasteiger partial charge on any atom is -0.335 e. The maximum Gasteiger partial charge on any atom is 0.321 e. The highest BCUT2D eigenvalue weighted by Gasteiger charge is 2.20. The van der Waals surface area contributed by atoms with Gasteiger partial charge in [0.1, 0.15) is 5.82 Å². The highest BCUT2D eigenvalue weighted by atomic mass is 32.2. The molecule has 2 aliphatic rings. The first kappa shape index (κ1) is 23.8. The van der Waals surface area contributed by atoms with Gasteiger partial charge in [0.25, 0.3) is 0 Å². The van der Waals surface area contributed by atoms with Gasteiger partial charge >= 0.3 is 6.03 Å². The number of hydrogen-bond donors (Lipinski definition) is 2. The Morgan fingerprint density at radius 3 is 2.42 bits per heavy atom. The Labute approximate surface area is 199 Å². The van der Waals surface area contributed by atoms with Crippen LogP contribution in [0.5, 0.6) is 0 Å². The summed E-state index contributed by atoms with van der Waals surface area (Å²) >= 11 is 1.32. The van der Waals surface area contributed by atoms with Crippen LogP contribution in [0.3, 0.4) is 0 Å². The molecule has 2 aromatic rings. The molecule has 0 radical (unpaired) electrons. The summed E-state index contributed by atoms with van der Waals surface area (Å²) < 4.78 is 2.10. The molecule has 1 aliphatic carbocycles. The van der Waals surface area contributed by atoms with E-state index in [0.29, 0.717) is 11.7 Å². The summed E-state index contributed by atoms with van der Waals surface area (Å²) in [4.78, 5) is 27.0. The summed E-state index contributed by atoms with van der Waals surface area (Å²) in [6.45, 7) is 3.58. The third kappa shape index (κ3) is 7.30. The summed E-state index contributed by atoms with van der Waals surface area (Å²) in [5.74, 6) is 0.716. The van der Waals surface area contributed by atoms with E-state index in [1.807, 2.05) is 18.2 Å². The average molecular weight is 471 g/mol. The number of nitrogens with one attached hydrogen (secondary N) is 2. The van der Waals surface area contributed by atoms with Crippen molar-refractivity contribution in [3.8, 4) is 0 Å². The summed E-state index contributed by atoms with van der Waals surface area (Å²) in [6, 6.07) is 9.99. The second kappa shape index (κ2) is 12.2. The predicted molar refractivity (Wildman–Crippen MR) is 129 cm³/mol. The maximum atomic E-state index is 12.4. The van der Waals surface area contributed by atoms with Crippen LogP contribution in [0.2, 0.25) is 0 Å². The number of rotatable bonds is 8. The fraction of sp³-hybridized carbons (Fsp3) is 0.583. The first-order valence-corrected chi connectivity index (χ1v) is 13.1. The molecule has 1 saturated heterocycles. The standard InChI is InChI=1S/C24H34N6O2S/c31-22(26-23(32)25-20-12-6-2-7-13-20)18-33-24-28-27-21(17-29-14-8-3-9-15-29)30(24)16-19-10-4-1-5-11-19/h1,4-5,10-11,20H,2-3,6-9,12-18H2,(H2,25,26,31,32). The van der Waals surface area contributed by atoms with E-state index in [0.717, 1.165) is 56.7 Å². The van der Waals surface area contributed by atoms with Crippen LogP contribution in [-0.2, 0) is 17.9 Å². The van der Waals surface area contributed by atoms with Gasteiger partial charge in [-0.05, 0) is 44.3 Å². The van der Waals surface area contributed by atoms with E-state index in [-0.39, 0.29) is 17.7 Å².